The molecule has 1 amide bonds. The quantitative estimate of drug-likeness (QED) is 0.332. The van der Waals surface area contributed by atoms with Gasteiger partial charge in [0.25, 0.3) is 0 Å². The molecule has 0 atom stereocenters. The van der Waals surface area contributed by atoms with Gasteiger partial charge in [-0.3, -0.25) is 9.69 Å². The zero-order chi connectivity index (χ0) is 26.5. The average Bonchev–Trinajstić information content (AvgIpc) is 3.39. The predicted octanol–water partition coefficient (Wildman–Crippen LogP) is 4.94. The van der Waals surface area contributed by atoms with Gasteiger partial charge in [0.2, 0.25) is 5.91 Å². The topological polar surface area (TPSA) is 53.4 Å². The molecular weight excluding hydrogens is 490 g/mol. The molecule has 6 nitrogen and oxygen atoms in total. The summed E-state index contributed by atoms with van der Waals surface area (Å²) in [5, 5.41) is 9.58. The second-order valence-electron chi connectivity index (χ2n) is 9.77. The number of piperazine rings is 1. The normalized spacial score (nSPS) is 13.9. The van der Waals surface area contributed by atoms with E-state index < -0.39 is 0 Å². The zero-order valence-corrected chi connectivity index (χ0v) is 22.7. The largest absolute Gasteiger partial charge is 0.369 e. The number of rotatable bonds is 8. The summed E-state index contributed by atoms with van der Waals surface area (Å²) >= 11 is 5.05. The molecule has 38 heavy (non-hydrogen) atoms. The predicted molar refractivity (Wildman–Crippen MR) is 158 cm³/mol. The molecular formula is C31H33N5OS. The number of nitrogens with one attached hydrogen (secondary N) is 1. The third kappa shape index (κ3) is 5.85. The minimum Gasteiger partial charge on any atom is -0.369 e. The molecule has 1 aliphatic rings. The Hall–Kier alpha value is -3.81. The van der Waals surface area contributed by atoms with E-state index in [1.165, 1.54) is 16.8 Å². The van der Waals surface area contributed by atoms with Gasteiger partial charge in [0.05, 0.1) is 30.2 Å². The molecule has 1 aromatic heterocycles. The fourth-order valence-corrected chi connectivity index (χ4v) is 5.05. The first kappa shape index (κ1) is 25.8. The minimum atomic E-state index is 0.0198. The van der Waals surface area contributed by atoms with Crippen LogP contribution in [0.15, 0.2) is 78.9 Å². The molecule has 0 bridgehead atoms. The monoisotopic (exact) mass is 523 g/mol. The Kier molecular flexibility index (Phi) is 7.96. The van der Waals surface area contributed by atoms with Crippen LogP contribution in [0.25, 0.3) is 16.9 Å². The maximum Gasteiger partial charge on any atom is 0.234 e. The van der Waals surface area contributed by atoms with Crippen molar-refractivity contribution in [3.63, 3.8) is 0 Å². The highest BCUT2D eigenvalue weighted by atomic mass is 32.1. The summed E-state index contributed by atoms with van der Waals surface area (Å²) in [5.74, 6) is 0.0198. The molecule has 1 aliphatic heterocycles. The van der Waals surface area contributed by atoms with Gasteiger partial charge in [0.15, 0.2) is 0 Å². The lowest BCUT2D eigenvalue weighted by Gasteiger charge is -2.36. The molecule has 4 aromatic rings. The number of nitrogens with zero attached hydrogens (tertiary/aromatic N) is 4. The standard InChI is InChI=1S/C31H33N5OS/c1-23-7-6-10-29(24(23)2)35-17-15-34(16-18-35)21-31(37)32-20-27-19-30(26-13-11-25(22-38)12-14-26)36(33-27)28-8-4-3-5-9-28/h3-14,19,22H,15-18,20-21H2,1-2H3,(H,32,37). The van der Waals surface area contributed by atoms with Gasteiger partial charge in [0.1, 0.15) is 0 Å². The van der Waals surface area contributed by atoms with Crippen molar-refractivity contribution in [1.29, 1.82) is 0 Å². The Balaban J connectivity index is 1.21. The fraction of sp³-hybridized carbons (Fsp3) is 0.258. The van der Waals surface area contributed by atoms with Crippen molar-refractivity contribution in [2.45, 2.75) is 20.4 Å². The Bertz CT molecular complexity index is 1410. The van der Waals surface area contributed by atoms with Crippen LogP contribution in [0.2, 0.25) is 0 Å². The van der Waals surface area contributed by atoms with Crippen LogP contribution in [0.1, 0.15) is 22.4 Å². The molecule has 1 fully saturated rings. The van der Waals surface area contributed by atoms with E-state index in [1.807, 2.05) is 53.2 Å². The number of anilines is 1. The van der Waals surface area contributed by atoms with Crippen LogP contribution >= 0.6 is 12.2 Å². The molecule has 7 heteroatoms. The lowest BCUT2D eigenvalue weighted by molar-refractivity contribution is -0.122. The zero-order valence-electron chi connectivity index (χ0n) is 21.9. The fourth-order valence-electron chi connectivity index (χ4n) is 4.89. The van der Waals surface area contributed by atoms with Gasteiger partial charge >= 0.3 is 0 Å². The SMILES string of the molecule is Cc1cccc(N2CCN(CC(=O)NCc3cc(-c4ccc(C=S)cc4)n(-c4ccccc4)n3)CC2)c1C. The maximum atomic E-state index is 12.8. The van der Waals surface area contributed by atoms with Crippen molar-refractivity contribution in [2.75, 3.05) is 37.6 Å². The van der Waals surface area contributed by atoms with Gasteiger partial charge in [0, 0.05) is 42.8 Å². The second kappa shape index (κ2) is 11.7. The number of amides is 1. The van der Waals surface area contributed by atoms with Crippen LogP contribution < -0.4 is 10.2 Å². The number of hydrogen-bond donors (Lipinski definition) is 1. The lowest BCUT2D eigenvalue weighted by atomic mass is 10.1. The highest BCUT2D eigenvalue weighted by Crippen LogP contribution is 2.25. The molecule has 194 valence electrons. The highest BCUT2D eigenvalue weighted by molar-refractivity contribution is 7.79. The summed E-state index contributed by atoms with van der Waals surface area (Å²) < 4.78 is 1.93. The van der Waals surface area contributed by atoms with Crippen LogP contribution in [0, 0.1) is 13.8 Å². The van der Waals surface area contributed by atoms with Crippen molar-refractivity contribution < 1.29 is 4.79 Å². The number of benzene rings is 3. The van der Waals surface area contributed by atoms with E-state index in [4.69, 9.17) is 17.3 Å². The van der Waals surface area contributed by atoms with E-state index in [-0.39, 0.29) is 5.91 Å². The first-order chi connectivity index (χ1) is 18.5. The molecule has 5 rings (SSSR count). The smallest absolute Gasteiger partial charge is 0.234 e. The summed E-state index contributed by atoms with van der Waals surface area (Å²) in [7, 11) is 0. The van der Waals surface area contributed by atoms with Crippen LogP contribution in [0.4, 0.5) is 5.69 Å². The number of carbonyl (C=O) groups is 1. The Morgan fingerprint density at radius 2 is 1.68 bits per heavy atom. The molecule has 0 saturated carbocycles. The van der Waals surface area contributed by atoms with Crippen molar-refractivity contribution >= 4 is 29.2 Å². The third-order valence-electron chi connectivity index (χ3n) is 7.23. The van der Waals surface area contributed by atoms with Gasteiger partial charge < -0.3 is 10.2 Å². The first-order valence-corrected chi connectivity index (χ1v) is 13.5. The van der Waals surface area contributed by atoms with Gasteiger partial charge in [-0.05, 0) is 54.8 Å². The number of hydrogen-bond acceptors (Lipinski definition) is 5. The van der Waals surface area contributed by atoms with Gasteiger partial charge in [-0.2, -0.15) is 5.10 Å². The first-order valence-electron chi connectivity index (χ1n) is 13.0. The van der Waals surface area contributed by atoms with E-state index in [0.717, 1.165) is 54.4 Å². The van der Waals surface area contributed by atoms with Crippen molar-refractivity contribution in [3.05, 3.63) is 101 Å². The number of para-hydroxylation sites is 1. The molecule has 3 aromatic carbocycles. The summed E-state index contributed by atoms with van der Waals surface area (Å²) in [6.07, 6.45) is 0. The minimum absolute atomic E-state index is 0.0198. The van der Waals surface area contributed by atoms with E-state index >= 15 is 0 Å². The summed E-state index contributed by atoms with van der Waals surface area (Å²) in [4.78, 5) is 17.5. The molecule has 0 aliphatic carbocycles. The Morgan fingerprint density at radius 3 is 2.39 bits per heavy atom. The maximum absolute atomic E-state index is 12.8. The van der Waals surface area contributed by atoms with Gasteiger partial charge in [-0.15, -0.1) is 0 Å². The van der Waals surface area contributed by atoms with Gasteiger partial charge in [-0.25, -0.2) is 4.68 Å². The lowest BCUT2D eigenvalue weighted by Crippen LogP contribution is -2.49. The van der Waals surface area contributed by atoms with Crippen LogP contribution in [0.3, 0.4) is 0 Å². The van der Waals surface area contributed by atoms with Gasteiger partial charge in [-0.1, -0.05) is 66.8 Å². The van der Waals surface area contributed by atoms with Crippen LogP contribution in [0.5, 0.6) is 0 Å². The van der Waals surface area contributed by atoms with Crippen molar-refractivity contribution in [2.24, 2.45) is 0 Å². The van der Waals surface area contributed by atoms with Crippen LogP contribution in [-0.4, -0.2) is 58.7 Å². The Morgan fingerprint density at radius 1 is 0.947 bits per heavy atom. The average molecular weight is 524 g/mol. The Labute approximate surface area is 229 Å². The van der Waals surface area contributed by atoms with Crippen LogP contribution in [-0.2, 0) is 11.3 Å². The molecule has 0 radical (unpaired) electrons. The van der Waals surface area contributed by atoms with E-state index in [1.54, 1.807) is 5.37 Å². The van der Waals surface area contributed by atoms with E-state index in [2.05, 4.69) is 59.3 Å². The number of thiocarbonyl (C=S) groups is 1. The summed E-state index contributed by atoms with van der Waals surface area (Å²) in [6, 6.07) is 26.7. The van der Waals surface area contributed by atoms with Crippen molar-refractivity contribution in [3.8, 4) is 16.9 Å². The number of aromatic nitrogens is 2. The van der Waals surface area contributed by atoms with E-state index in [0.29, 0.717) is 13.1 Å². The molecule has 0 spiro atoms. The second-order valence-corrected chi connectivity index (χ2v) is 10.0. The highest BCUT2D eigenvalue weighted by Gasteiger charge is 2.21. The van der Waals surface area contributed by atoms with Crippen molar-refractivity contribution in [1.82, 2.24) is 20.0 Å². The van der Waals surface area contributed by atoms with E-state index in [9.17, 15) is 4.79 Å². The molecule has 1 N–H and O–H groups in total. The molecule has 2 heterocycles. The molecule has 0 unspecified atom stereocenters. The third-order valence-corrected chi connectivity index (χ3v) is 7.50. The summed E-state index contributed by atoms with van der Waals surface area (Å²) in [6.45, 7) is 8.69. The number of aryl methyl sites for hydroxylation is 1. The number of carbonyl (C=O) groups excluding carboxylic acids is 1. The molecule has 1 saturated heterocycles. The summed E-state index contributed by atoms with van der Waals surface area (Å²) in [5.41, 5.74) is 8.75.